The summed E-state index contributed by atoms with van der Waals surface area (Å²) in [4.78, 5) is 37.3. The van der Waals surface area contributed by atoms with Crippen molar-refractivity contribution in [1.82, 2.24) is 9.55 Å². The second-order valence-electron chi connectivity index (χ2n) is 5.42. The van der Waals surface area contributed by atoms with E-state index in [2.05, 4.69) is 4.98 Å². The molecule has 0 aliphatic carbocycles. The predicted octanol–water partition coefficient (Wildman–Crippen LogP) is 2.93. The molecule has 2 heterocycles. The van der Waals surface area contributed by atoms with Gasteiger partial charge in [-0.3, -0.25) is 9.59 Å². The van der Waals surface area contributed by atoms with Crippen LogP contribution in [0.5, 0.6) is 0 Å². The Bertz CT molecular complexity index is 1030. The van der Waals surface area contributed by atoms with Crippen molar-refractivity contribution in [3.05, 3.63) is 68.7 Å². The first-order chi connectivity index (χ1) is 11.4. The van der Waals surface area contributed by atoms with Gasteiger partial charge in [-0.25, -0.2) is 4.79 Å². The quantitative estimate of drug-likeness (QED) is 0.712. The van der Waals surface area contributed by atoms with E-state index in [1.807, 2.05) is 0 Å². The summed E-state index contributed by atoms with van der Waals surface area (Å²) in [6.07, 6.45) is 1.76. The summed E-state index contributed by atoms with van der Waals surface area (Å²) in [6.45, 7) is 1.80. The number of carbonyl (C=O) groups is 2. The fraction of sp³-hybridized carbons (Fsp3) is 0.118. The number of benzene rings is 1. The number of aromatic nitrogens is 2. The number of rotatable bonds is 4. The number of nitrogens with one attached hydrogen (secondary N) is 1. The van der Waals surface area contributed by atoms with Crippen LogP contribution in [0.4, 0.5) is 0 Å². The molecule has 0 aliphatic heterocycles. The Morgan fingerprint density at radius 3 is 2.71 bits per heavy atom. The van der Waals surface area contributed by atoms with Crippen LogP contribution < -0.4 is 5.56 Å². The highest BCUT2D eigenvalue weighted by atomic mass is 35.5. The van der Waals surface area contributed by atoms with E-state index in [4.69, 9.17) is 16.7 Å². The third kappa shape index (κ3) is 2.83. The molecular formula is C17H13ClN2O4. The number of Topliss-reactive ketones (excluding diaryl/α,β-unsaturated/α-hetero) is 1. The van der Waals surface area contributed by atoms with Gasteiger partial charge < -0.3 is 14.7 Å². The molecule has 3 rings (SSSR count). The van der Waals surface area contributed by atoms with Crippen molar-refractivity contribution in [2.24, 2.45) is 0 Å². The second kappa shape index (κ2) is 5.98. The lowest BCUT2D eigenvalue weighted by molar-refractivity contribution is 0.0695. The largest absolute Gasteiger partial charge is 0.477 e. The van der Waals surface area contributed by atoms with Gasteiger partial charge >= 0.3 is 5.97 Å². The highest BCUT2D eigenvalue weighted by Crippen LogP contribution is 2.24. The number of nitrogens with zero attached hydrogens (tertiary/aromatic N) is 1. The summed E-state index contributed by atoms with van der Waals surface area (Å²) >= 11 is 6.12. The normalized spacial score (nSPS) is 10.9. The molecule has 0 saturated heterocycles. The van der Waals surface area contributed by atoms with Crippen molar-refractivity contribution in [1.29, 1.82) is 0 Å². The molecule has 0 spiro atoms. The van der Waals surface area contributed by atoms with Gasteiger partial charge in [0, 0.05) is 30.1 Å². The number of carboxylic acid groups (broad SMARTS) is 1. The van der Waals surface area contributed by atoms with Crippen LogP contribution in [0, 0.1) is 0 Å². The average Bonchev–Trinajstić information content (AvgIpc) is 2.95. The van der Waals surface area contributed by atoms with Crippen LogP contribution in [0.3, 0.4) is 0 Å². The van der Waals surface area contributed by atoms with Gasteiger partial charge in [-0.2, -0.15) is 0 Å². The predicted molar refractivity (Wildman–Crippen MR) is 90.1 cm³/mol. The van der Waals surface area contributed by atoms with Gasteiger partial charge in [0.2, 0.25) is 0 Å². The zero-order valence-electron chi connectivity index (χ0n) is 12.7. The molecule has 0 atom stereocenters. The van der Waals surface area contributed by atoms with Gasteiger partial charge in [0.25, 0.3) is 5.56 Å². The third-order valence-electron chi connectivity index (χ3n) is 3.76. The molecule has 0 saturated carbocycles. The minimum atomic E-state index is -1.30. The van der Waals surface area contributed by atoms with Gasteiger partial charge in [-0.15, -0.1) is 0 Å². The SMILES string of the molecule is CC(=O)c1cccn1Cc1cc(Cl)cc2cc(C(=O)O)c(=O)[nH]c12. The van der Waals surface area contributed by atoms with Crippen LogP contribution in [0.15, 0.2) is 41.3 Å². The van der Waals surface area contributed by atoms with Crippen molar-refractivity contribution < 1.29 is 14.7 Å². The first-order valence-corrected chi connectivity index (χ1v) is 7.49. The van der Waals surface area contributed by atoms with Crippen molar-refractivity contribution in [2.45, 2.75) is 13.5 Å². The average molecular weight is 345 g/mol. The van der Waals surface area contributed by atoms with E-state index < -0.39 is 11.5 Å². The number of ketones is 1. The molecule has 2 aromatic heterocycles. The van der Waals surface area contributed by atoms with E-state index in [-0.39, 0.29) is 11.3 Å². The molecular weight excluding hydrogens is 332 g/mol. The number of halogens is 1. The summed E-state index contributed by atoms with van der Waals surface area (Å²) in [5.41, 5.74) is 0.689. The molecule has 0 bridgehead atoms. The van der Waals surface area contributed by atoms with Crippen LogP contribution in [0.2, 0.25) is 5.02 Å². The van der Waals surface area contributed by atoms with Crippen molar-refractivity contribution in [2.75, 3.05) is 0 Å². The lowest BCUT2D eigenvalue weighted by atomic mass is 10.1. The van der Waals surface area contributed by atoms with Crippen molar-refractivity contribution >= 4 is 34.3 Å². The summed E-state index contributed by atoms with van der Waals surface area (Å²) in [7, 11) is 0. The van der Waals surface area contributed by atoms with E-state index in [0.717, 1.165) is 0 Å². The molecule has 6 nitrogen and oxygen atoms in total. The second-order valence-corrected chi connectivity index (χ2v) is 5.86. The Balaban J connectivity index is 2.19. The number of aromatic amines is 1. The number of hydrogen-bond donors (Lipinski definition) is 2. The molecule has 3 aromatic rings. The fourth-order valence-corrected chi connectivity index (χ4v) is 2.94. The topological polar surface area (TPSA) is 92.2 Å². The summed E-state index contributed by atoms with van der Waals surface area (Å²) in [5.74, 6) is -1.38. The van der Waals surface area contributed by atoms with Crippen LogP contribution >= 0.6 is 11.6 Å². The van der Waals surface area contributed by atoms with Crippen molar-refractivity contribution in [3.8, 4) is 0 Å². The highest BCUT2D eigenvalue weighted by Gasteiger charge is 2.14. The molecule has 2 N–H and O–H groups in total. The van der Waals surface area contributed by atoms with Gasteiger partial charge in [0.05, 0.1) is 11.2 Å². The maximum absolute atomic E-state index is 12.0. The highest BCUT2D eigenvalue weighted by molar-refractivity contribution is 6.31. The molecule has 24 heavy (non-hydrogen) atoms. The molecule has 122 valence electrons. The summed E-state index contributed by atoms with van der Waals surface area (Å²) in [5, 5.41) is 10.0. The molecule has 1 aromatic carbocycles. The monoisotopic (exact) mass is 344 g/mol. The third-order valence-corrected chi connectivity index (χ3v) is 3.98. The zero-order valence-corrected chi connectivity index (χ0v) is 13.4. The standard InChI is InChI=1S/C17H13ClN2O4/c1-9(21)14-3-2-4-20(14)8-11-6-12(18)5-10-7-13(17(23)24)16(22)19-15(10)11/h2-7H,8H2,1H3,(H,19,22)(H,23,24). The Morgan fingerprint density at radius 1 is 1.29 bits per heavy atom. The van der Waals surface area contributed by atoms with Gasteiger partial charge in [0.15, 0.2) is 5.78 Å². The summed E-state index contributed by atoms with van der Waals surface area (Å²) in [6, 6.07) is 8.04. The van der Waals surface area contributed by atoms with Gasteiger partial charge in [-0.1, -0.05) is 11.6 Å². The lowest BCUT2D eigenvalue weighted by Crippen LogP contribution is -2.18. The summed E-state index contributed by atoms with van der Waals surface area (Å²) < 4.78 is 1.75. The smallest absolute Gasteiger partial charge is 0.341 e. The van der Waals surface area contributed by atoms with E-state index in [1.54, 1.807) is 35.0 Å². The first-order valence-electron chi connectivity index (χ1n) is 7.11. The minimum Gasteiger partial charge on any atom is -0.477 e. The lowest BCUT2D eigenvalue weighted by Gasteiger charge is -2.11. The molecule has 0 radical (unpaired) electrons. The number of fused-ring (bicyclic) bond motifs is 1. The molecule has 0 unspecified atom stereocenters. The number of carboxylic acids is 1. The first kappa shape index (κ1) is 16.0. The minimum absolute atomic E-state index is 0.0759. The molecule has 0 fully saturated rings. The van der Waals surface area contributed by atoms with E-state index >= 15 is 0 Å². The van der Waals surface area contributed by atoms with Crippen molar-refractivity contribution in [3.63, 3.8) is 0 Å². The molecule has 7 heteroatoms. The molecule has 0 amide bonds. The van der Waals surface area contributed by atoms with Crippen LogP contribution in [0.1, 0.15) is 33.3 Å². The Morgan fingerprint density at radius 2 is 2.04 bits per heavy atom. The van der Waals surface area contributed by atoms with Crippen LogP contribution in [-0.2, 0) is 6.54 Å². The number of pyridine rings is 1. The van der Waals surface area contributed by atoms with E-state index in [0.29, 0.717) is 33.7 Å². The van der Waals surface area contributed by atoms with Crippen LogP contribution in [0.25, 0.3) is 10.9 Å². The number of H-pyrrole nitrogens is 1. The Labute approximate surface area is 141 Å². The van der Waals surface area contributed by atoms with E-state index in [9.17, 15) is 14.4 Å². The molecule has 0 aliphatic rings. The zero-order chi connectivity index (χ0) is 17.4. The number of carbonyl (C=O) groups excluding carboxylic acids is 1. The Kier molecular flexibility index (Phi) is 3.99. The Hall–Kier alpha value is -2.86. The maximum Gasteiger partial charge on any atom is 0.341 e. The van der Waals surface area contributed by atoms with E-state index in [1.165, 1.54) is 13.0 Å². The fourth-order valence-electron chi connectivity index (χ4n) is 2.69. The van der Waals surface area contributed by atoms with Crippen LogP contribution in [-0.4, -0.2) is 26.4 Å². The van der Waals surface area contributed by atoms with Gasteiger partial charge in [-0.05, 0) is 35.9 Å². The number of aromatic carboxylic acids is 1. The maximum atomic E-state index is 12.0. The number of hydrogen-bond acceptors (Lipinski definition) is 3. The van der Waals surface area contributed by atoms with Gasteiger partial charge in [0.1, 0.15) is 5.56 Å².